The molecule has 6 atom stereocenters. The van der Waals surface area contributed by atoms with Gasteiger partial charge in [-0.05, 0) is 173 Å². The van der Waals surface area contributed by atoms with Gasteiger partial charge in [0.15, 0.2) is 0 Å². The number of likely N-dealkylation sites (tertiary alicyclic amines) is 1. The number of carbonyl (C=O) groups excluding carboxylic acids is 4. The van der Waals surface area contributed by atoms with Crippen molar-refractivity contribution in [3.63, 3.8) is 0 Å². The number of aryl methyl sites for hydroxylation is 1. The van der Waals surface area contributed by atoms with Crippen LogP contribution in [-0.2, 0) is 24.4 Å². The summed E-state index contributed by atoms with van der Waals surface area (Å²) < 4.78 is 29.6. The first-order valence-corrected chi connectivity index (χ1v) is 41.6. The molecule has 5 aromatic carbocycles. The molecule has 25 heteroatoms. The van der Waals surface area contributed by atoms with Gasteiger partial charge in [0, 0.05) is 136 Å². The molecule has 570 valence electrons. The Morgan fingerprint density at radius 3 is 2.21 bits per heavy atom. The molecule has 4 amide bonds. The van der Waals surface area contributed by atoms with Crippen LogP contribution in [0.25, 0.3) is 16.0 Å². The molecule has 3 aliphatic heterocycles. The number of thioether (sulfide) groups is 1. The molecule has 0 radical (unpaired) electrons. The highest BCUT2D eigenvalue weighted by Gasteiger charge is 2.45. The van der Waals surface area contributed by atoms with Crippen LogP contribution in [0.15, 0.2) is 142 Å². The van der Waals surface area contributed by atoms with E-state index >= 15 is 0 Å². The first-order chi connectivity index (χ1) is 50.8. The highest BCUT2D eigenvalue weighted by atomic mass is 35.5. The van der Waals surface area contributed by atoms with E-state index < -0.39 is 50.1 Å². The van der Waals surface area contributed by atoms with Gasteiger partial charge in [-0.3, -0.25) is 39.1 Å². The fourth-order valence-electron chi connectivity index (χ4n) is 15.4. The average molecular weight is 1520 g/mol. The van der Waals surface area contributed by atoms with Gasteiger partial charge in [0.1, 0.15) is 11.7 Å². The average Bonchev–Trinajstić information content (AvgIpc) is 1.42. The highest BCUT2D eigenvalue weighted by molar-refractivity contribution is 7.99. The number of carbonyl (C=O) groups is 4. The maximum Gasteiger partial charge on any atom is 0.293 e. The van der Waals surface area contributed by atoms with Crippen molar-refractivity contribution in [2.75, 3.05) is 108 Å². The number of nitro groups is 1. The lowest BCUT2D eigenvalue weighted by Gasteiger charge is -2.44. The SMILES string of the molecule is Cc1ncsc1-c1ccc([C@H](C)NC(=O)[C@@H]2C[C@@H](O)CN2C(=O)[C@@H](NCCCCCCCC(=O)N2CCN(CC3(C)CCC(c4ccc(Cl)cc4)=C(CN4CCN(c5ccc(C(=O)NS(=O)(=O)c6ccc(N[C@H](CCN(C)C7CC7)CSc7ccccc7)c([N+](=O)[O-])c6)cc5)CC4)C3)CC2)C(C)(C)C)cc1. The van der Waals surface area contributed by atoms with E-state index in [1.165, 1.54) is 28.8 Å². The molecule has 11 rings (SSSR count). The number of piperazine rings is 2. The quantitative estimate of drug-likeness (QED) is 0.0111. The zero-order valence-electron chi connectivity index (χ0n) is 62.6. The topological polar surface area (TPSA) is 246 Å². The minimum atomic E-state index is -4.49. The van der Waals surface area contributed by atoms with E-state index in [1.807, 2.05) is 124 Å². The number of aliphatic hydroxyl groups is 1. The van der Waals surface area contributed by atoms with Gasteiger partial charge in [-0.1, -0.05) is 119 Å². The second-order valence-corrected chi connectivity index (χ2v) is 35.2. The molecular weight excluding hydrogens is 1420 g/mol. The zero-order valence-corrected chi connectivity index (χ0v) is 65.8. The minimum Gasteiger partial charge on any atom is -0.391 e. The van der Waals surface area contributed by atoms with Crippen LogP contribution in [0.1, 0.15) is 151 Å². The lowest BCUT2D eigenvalue weighted by molar-refractivity contribution is -0.384. The van der Waals surface area contributed by atoms with Crippen molar-refractivity contribution < 1.29 is 37.6 Å². The van der Waals surface area contributed by atoms with E-state index in [-0.39, 0.29) is 64.3 Å². The molecule has 4 fully saturated rings. The van der Waals surface area contributed by atoms with Gasteiger partial charge in [0.25, 0.3) is 21.6 Å². The molecule has 4 heterocycles. The number of aromatic nitrogens is 1. The Labute approximate surface area is 639 Å². The summed E-state index contributed by atoms with van der Waals surface area (Å²) in [6.45, 7) is 22.0. The Morgan fingerprint density at radius 1 is 0.858 bits per heavy atom. The number of amides is 4. The second-order valence-electron chi connectivity index (χ2n) is 31.2. The van der Waals surface area contributed by atoms with Gasteiger partial charge < -0.3 is 40.7 Å². The first-order valence-electron chi connectivity index (χ1n) is 37.8. The number of benzene rings is 5. The number of rotatable bonds is 33. The number of anilines is 2. The van der Waals surface area contributed by atoms with Crippen LogP contribution < -0.4 is 25.6 Å². The van der Waals surface area contributed by atoms with Crippen LogP contribution in [0.2, 0.25) is 5.02 Å². The summed E-state index contributed by atoms with van der Waals surface area (Å²) in [4.78, 5) is 86.7. The third-order valence-electron chi connectivity index (χ3n) is 21.8. The monoisotopic (exact) mass is 1520 g/mol. The van der Waals surface area contributed by atoms with Gasteiger partial charge in [-0.15, -0.1) is 23.1 Å². The Hall–Kier alpha value is -7.26. The highest BCUT2D eigenvalue weighted by Crippen LogP contribution is 2.45. The van der Waals surface area contributed by atoms with Crippen molar-refractivity contribution in [2.45, 2.75) is 171 Å². The molecule has 21 nitrogen and oxygen atoms in total. The normalized spacial score (nSPS) is 20.0. The van der Waals surface area contributed by atoms with E-state index in [2.05, 4.69) is 71.4 Å². The molecule has 3 saturated heterocycles. The van der Waals surface area contributed by atoms with Crippen molar-refractivity contribution in [3.05, 3.63) is 170 Å². The number of nitro benzene ring substituents is 1. The Balaban J connectivity index is 0.599. The molecule has 1 aromatic heterocycles. The van der Waals surface area contributed by atoms with Crippen molar-refractivity contribution in [1.29, 1.82) is 0 Å². The van der Waals surface area contributed by atoms with Crippen LogP contribution in [0.5, 0.6) is 0 Å². The maximum absolute atomic E-state index is 14.3. The fourth-order valence-corrected chi connectivity index (χ4v) is 18.3. The number of halogens is 1. The second kappa shape index (κ2) is 36.3. The van der Waals surface area contributed by atoms with Crippen molar-refractivity contribution in [3.8, 4) is 10.4 Å². The summed E-state index contributed by atoms with van der Waals surface area (Å²) >= 11 is 9.66. The molecule has 6 aromatic rings. The fraction of sp³-hybridized carbons (Fsp3) is 0.519. The van der Waals surface area contributed by atoms with E-state index in [0.29, 0.717) is 29.8 Å². The lowest BCUT2D eigenvalue weighted by atomic mass is 9.71. The Kier molecular flexibility index (Phi) is 27.3. The molecule has 0 spiro atoms. The number of unbranched alkanes of at least 4 members (excludes halogenated alkanes) is 4. The summed E-state index contributed by atoms with van der Waals surface area (Å²) in [6, 6.07) is 35.7. The first kappa shape index (κ1) is 79.8. The van der Waals surface area contributed by atoms with Crippen molar-refractivity contribution in [2.24, 2.45) is 10.8 Å². The number of aliphatic hydroxyl groups excluding tert-OH is 1. The van der Waals surface area contributed by atoms with E-state index in [9.17, 15) is 42.8 Å². The number of nitrogens with zero attached hydrogens (tertiary/aromatic N) is 8. The predicted octanol–water partition coefficient (Wildman–Crippen LogP) is 13.0. The van der Waals surface area contributed by atoms with Crippen LogP contribution in [0.3, 0.4) is 0 Å². The van der Waals surface area contributed by atoms with Crippen LogP contribution in [0.4, 0.5) is 17.1 Å². The number of hydrogen-bond acceptors (Lipinski definition) is 18. The van der Waals surface area contributed by atoms with E-state index in [4.69, 9.17) is 11.6 Å². The molecule has 1 unspecified atom stereocenters. The Bertz CT molecular complexity index is 4120. The summed E-state index contributed by atoms with van der Waals surface area (Å²) in [6.07, 6.45) is 10.5. The molecule has 0 bridgehead atoms. The number of nitrogens with one attached hydrogen (secondary N) is 4. The van der Waals surface area contributed by atoms with Crippen LogP contribution >= 0.6 is 34.7 Å². The molecular formula is C81H107ClN12O9S3. The van der Waals surface area contributed by atoms with Gasteiger partial charge in [-0.25, -0.2) is 18.1 Å². The van der Waals surface area contributed by atoms with E-state index in [1.54, 1.807) is 40.1 Å². The maximum atomic E-state index is 14.3. The van der Waals surface area contributed by atoms with E-state index in [0.717, 1.165) is 181 Å². The Morgan fingerprint density at radius 2 is 1.54 bits per heavy atom. The number of thiazole rings is 1. The zero-order chi connectivity index (χ0) is 75.3. The summed E-state index contributed by atoms with van der Waals surface area (Å²) in [5, 5.41) is 34.0. The van der Waals surface area contributed by atoms with Gasteiger partial charge in [0.2, 0.25) is 17.7 Å². The summed E-state index contributed by atoms with van der Waals surface area (Å²) in [5.74, 6) is -0.428. The third-order valence-corrected chi connectivity index (χ3v) is 25.5. The molecule has 5 aliphatic rings. The third kappa shape index (κ3) is 21.6. The number of hydrogen-bond donors (Lipinski definition) is 5. The lowest BCUT2D eigenvalue weighted by Crippen LogP contribution is -2.56. The van der Waals surface area contributed by atoms with Crippen LogP contribution in [-0.4, -0.2) is 200 Å². The number of β-amino-alcohol motifs (C(OH)–C–C–N with tert-alkyl or cyclic N) is 1. The van der Waals surface area contributed by atoms with Crippen molar-refractivity contribution >= 4 is 91.0 Å². The molecule has 5 N–H and O–H groups in total. The smallest absolute Gasteiger partial charge is 0.293 e. The predicted molar refractivity (Wildman–Crippen MR) is 425 cm³/mol. The van der Waals surface area contributed by atoms with Gasteiger partial charge in [-0.2, -0.15) is 0 Å². The van der Waals surface area contributed by atoms with Crippen LogP contribution in [0, 0.1) is 27.9 Å². The standard InChI is InChI=1S/C81H107ClN12O9S3/c1-56(58-19-21-60(22-20-58)75-57(2)84-55-105-75)85-78(98)73-48-67(95)52-93(73)79(99)76(80(3,4)5)83-38-15-10-8-9-14-18-74(96)92-46-42-90(43-47-92)54-81(6)37-35-70(59-23-27-63(82)28-24-59)62(50-81)51-89-40-44-91(45-41-89)66-29-25-61(26-30-66)77(97)87-106(102,103)69-33-34-71(72(49-69)94(100)101)86-64(36-39-88(7)65-31-32-65)53-104-68-16-12-11-13-17-68/h11-13,16-17,19-30,33-34,49,55-56,64-65,67,73,76,83,86,95H,8-10,14-15,18,31-32,35-48,50-54H2,1-7H3,(H,85,98)(H,87,97)/t56-,64+,67+,73-,76+,81?/m0/s1. The van der Waals surface area contributed by atoms with Gasteiger partial charge in [0.05, 0.1) is 44.1 Å². The summed E-state index contributed by atoms with van der Waals surface area (Å²) in [5.41, 5.74) is 9.35. The minimum absolute atomic E-state index is 0.0403. The van der Waals surface area contributed by atoms with Gasteiger partial charge >= 0.3 is 0 Å². The molecule has 1 saturated carbocycles. The molecule has 106 heavy (non-hydrogen) atoms. The number of sulfonamides is 1. The summed E-state index contributed by atoms with van der Waals surface area (Å²) in [7, 11) is -2.40. The largest absolute Gasteiger partial charge is 0.391 e. The molecule has 2 aliphatic carbocycles. The van der Waals surface area contributed by atoms with Crippen molar-refractivity contribution in [1.82, 2.24) is 44.8 Å². The number of allylic oxidation sites excluding steroid dienone is 1.